The summed E-state index contributed by atoms with van der Waals surface area (Å²) in [5.41, 5.74) is 1.33. The number of amides is 2. The zero-order valence-corrected chi connectivity index (χ0v) is 16.8. The van der Waals surface area contributed by atoms with Crippen LogP contribution in [-0.2, 0) is 0 Å². The van der Waals surface area contributed by atoms with Crippen LogP contribution in [0.4, 0.5) is 5.69 Å². The fourth-order valence-electron chi connectivity index (χ4n) is 2.93. The summed E-state index contributed by atoms with van der Waals surface area (Å²) in [6.45, 7) is 1.40. The van der Waals surface area contributed by atoms with Crippen molar-refractivity contribution in [2.24, 2.45) is 0 Å². The molecule has 8 heteroatoms. The van der Waals surface area contributed by atoms with E-state index in [-0.39, 0.29) is 17.4 Å². The molecule has 1 aromatic carbocycles. The molecule has 0 saturated carbocycles. The van der Waals surface area contributed by atoms with Crippen LogP contribution in [0.2, 0.25) is 0 Å². The lowest BCUT2D eigenvalue weighted by Gasteiger charge is -2.09. The first-order valence-corrected chi connectivity index (χ1v) is 9.35. The standard InChI is InChI=1S/C21H25N5O3/c1-25(2)12-7-11-22-21(28)19-24-18(17-10-4-5-13-26(17)19)20(27)23-15-8-6-9-16(14-15)29-3/h4-6,8-10,13-14H,7,11-12H2,1-3H3,(H,22,28)(H,23,27). The van der Waals surface area contributed by atoms with Crippen molar-refractivity contribution in [1.29, 1.82) is 0 Å². The Morgan fingerprint density at radius 3 is 2.72 bits per heavy atom. The molecule has 3 rings (SSSR count). The quantitative estimate of drug-likeness (QED) is 0.572. The maximum absolute atomic E-state index is 12.8. The Kier molecular flexibility index (Phi) is 6.46. The van der Waals surface area contributed by atoms with Gasteiger partial charge in [-0.15, -0.1) is 0 Å². The molecule has 29 heavy (non-hydrogen) atoms. The molecule has 2 aromatic heterocycles. The molecule has 0 bridgehead atoms. The van der Waals surface area contributed by atoms with Gasteiger partial charge >= 0.3 is 0 Å². The van der Waals surface area contributed by atoms with E-state index >= 15 is 0 Å². The highest BCUT2D eigenvalue weighted by atomic mass is 16.5. The Labute approximate surface area is 169 Å². The SMILES string of the molecule is COc1cccc(NC(=O)c2nc(C(=O)NCCCN(C)C)n3ccccc23)c1. The third kappa shape index (κ3) is 4.91. The van der Waals surface area contributed by atoms with Crippen molar-refractivity contribution >= 4 is 23.0 Å². The van der Waals surface area contributed by atoms with E-state index in [1.807, 2.05) is 14.1 Å². The molecular weight excluding hydrogens is 370 g/mol. The fraction of sp³-hybridized carbons (Fsp3) is 0.286. The number of imidazole rings is 1. The van der Waals surface area contributed by atoms with E-state index in [4.69, 9.17) is 4.74 Å². The van der Waals surface area contributed by atoms with Crippen LogP contribution in [0.1, 0.15) is 27.5 Å². The second kappa shape index (κ2) is 9.20. The van der Waals surface area contributed by atoms with Gasteiger partial charge in [0, 0.05) is 24.5 Å². The number of aromatic nitrogens is 2. The number of carbonyl (C=O) groups is 2. The largest absolute Gasteiger partial charge is 0.497 e. The predicted molar refractivity (Wildman–Crippen MR) is 112 cm³/mol. The van der Waals surface area contributed by atoms with Crippen molar-refractivity contribution in [2.75, 3.05) is 39.6 Å². The van der Waals surface area contributed by atoms with Crippen LogP contribution in [0, 0.1) is 0 Å². The molecule has 0 aliphatic heterocycles. The minimum Gasteiger partial charge on any atom is -0.497 e. The van der Waals surface area contributed by atoms with Crippen molar-refractivity contribution < 1.29 is 14.3 Å². The van der Waals surface area contributed by atoms with E-state index in [0.717, 1.165) is 13.0 Å². The van der Waals surface area contributed by atoms with E-state index in [2.05, 4.69) is 20.5 Å². The number of nitrogens with zero attached hydrogens (tertiary/aromatic N) is 3. The van der Waals surface area contributed by atoms with E-state index in [9.17, 15) is 9.59 Å². The van der Waals surface area contributed by atoms with Crippen LogP contribution in [0.25, 0.3) is 5.52 Å². The van der Waals surface area contributed by atoms with Gasteiger partial charge in [-0.1, -0.05) is 12.1 Å². The highest BCUT2D eigenvalue weighted by molar-refractivity contribution is 6.09. The van der Waals surface area contributed by atoms with Crippen molar-refractivity contribution in [3.05, 3.63) is 60.2 Å². The van der Waals surface area contributed by atoms with Crippen molar-refractivity contribution in [3.63, 3.8) is 0 Å². The van der Waals surface area contributed by atoms with E-state index in [1.165, 1.54) is 0 Å². The van der Waals surface area contributed by atoms with Gasteiger partial charge in [-0.05, 0) is 51.3 Å². The third-order valence-electron chi connectivity index (χ3n) is 4.36. The van der Waals surface area contributed by atoms with Crippen molar-refractivity contribution in [2.45, 2.75) is 6.42 Å². The second-order valence-corrected chi connectivity index (χ2v) is 6.84. The number of carbonyl (C=O) groups excluding carboxylic acids is 2. The molecule has 0 unspecified atom stereocenters. The molecule has 8 nitrogen and oxygen atoms in total. The van der Waals surface area contributed by atoms with Crippen molar-refractivity contribution in [1.82, 2.24) is 19.6 Å². The third-order valence-corrected chi connectivity index (χ3v) is 4.36. The first-order chi connectivity index (χ1) is 14.0. The van der Waals surface area contributed by atoms with Gasteiger partial charge in [0.15, 0.2) is 5.69 Å². The molecule has 152 valence electrons. The van der Waals surface area contributed by atoms with Crippen molar-refractivity contribution in [3.8, 4) is 5.75 Å². The van der Waals surface area contributed by atoms with Gasteiger partial charge < -0.3 is 20.3 Å². The Morgan fingerprint density at radius 1 is 1.14 bits per heavy atom. The molecule has 2 heterocycles. The molecule has 0 atom stereocenters. The van der Waals surface area contributed by atoms with Gasteiger partial charge in [0.2, 0.25) is 5.82 Å². The van der Waals surface area contributed by atoms with Crippen LogP contribution in [-0.4, -0.2) is 60.4 Å². The molecule has 0 radical (unpaired) electrons. The normalized spacial score (nSPS) is 10.9. The lowest BCUT2D eigenvalue weighted by atomic mass is 10.2. The highest BCUT2D eigenvalue weighted by Crippen LogP contribution is 2.19. The van der Waals surface area contributed by atoms with E-state index < -0.39 is 5.91 Å². The minimum absolute atomic E-state index is 0.182. The van der Waals surface area contributed by atoms with Gasteiger partial charge in [0.05, 0.1) is 12.6 Å². The molecule has 2 amide bonds. The topological polar surface area (TPSA) is 88.0 Å². The monoisotopic (exact) mass is 395 g/mol. The van der Waals surface area contributed by atoms with Gasteiger partial charge in [0.1, 0.15) is 5.75 Å². The smallest absolute Gasteiger partial charge is 0.287 e. The molecule has 0 aliphatic rings. The van der Waals surface area contributed by atoms with E-state index in [1.54, 1.807) is 60.2 Å². The van der Waals surface area contributed by atoms with Crippen LogP contribution in [0.15, 0.2) is 48.7 Å². The fourth-order valence-corrected chi connectivity index (χ4v) is 2.93. The number of anilines is 1. The van der Waals surface area contributed by atoms with Crippen LogP contribution < -0.4 is 15.4 Å². The summed E-state index contributed by atoms with van der Waals surface area (Å²) in [5, 5.41) is 5.68. The summed E-state index contributed by atoms with van der Waals surface area (Å²) in [6.07, 6.45) is 2.55. The average Bonchev–Trinajstić information content (AvgIpc) is 3.11. The number of ether oxygens (including phenoxy) is 1. The Morgan fingerprint density at radius 2 is 1.97 bits per heavy atom. The van der Waals surface area contributed by atoms with Gasteiger partial charge in [-0.3, -0.25) is 14.0 Å². The molecule has 0 fully saturated rings. The predicted octanol–water partition coefficient (Wildman–Crippen LogP) is 2.28. The van der Waals surface area contributed by atoms with Gasteiger partial charge in [-0.25, -0.2) is 4.98 Å². The first kappa shape index (κ1) is 20.3. The number of hydrogen-bond donors (Lipinski definition) is 2. The van der Waals surface area contributed by atoms with Gasteiger partial charge in [-0.2, -0.15) is 0 Å². The van der Waals surface area contributed by atoms with E-state index in [0.29, 0.717) is 23.5 Å². The molecule has 0 saturated heterocycles. The molecule has 2 N–H and O–H groups in total. The Bertz CT molecular complexity index is 1010. The maximum atomic E-state index is 12.8. The minimum atomic E-state index is -0.395. The van der Waals surface area contributed by atoms with Crippen LogP contribution in [0.3, 0.4) is 0 Å². The molecule has 0 spiro atoms. The molecule has 3 aromatic rings. The number of hydrogen-bond acceptors (Lipinski definition) is 5. The summed E-state index contributed by atoms with van der Waals surface area (Å²) >= 11 is 0. The lowest BCUT2D eigenvalue weighted by Crippen LogP contribution is -2.28. The van der Waals surface area contributed by atoms with Crippen LogP contribution in [0.5, 0.6) is 5.75 Å². The molecule has 0 aliphatic carbocycles. The second-order valence-electron chi connectivity index (χ2n) is 6.84. The summed E-state index contributed by atoms with van der Waals surface area (Å²) in [7, 11) is 5.53. The zero-order valence-electron chi connectivity index (χ0n) is 16.8. The maximum Gasteiger partial charge on any atom is 0.287 e. The first-order valence-electron chi connectivity index (χ1n) is 9.35. The highest BCUT2D eigenvalue weighted by Gasteiger charge is 2.21. The number of methoxy groups -OCH3 is 1. The summed E-state index contributed by atoms with van der Waals surface area (Å²) in [6, 6.07) is 12.4. The summed E-state index contributed by atoms with van der Waals surface area (Å²) in [5.74, 6) is 0.107. The van der Waals surface area contributed by atoms with Crippen LogP contribution >= 0.6 is 0 Å². The zero-order chi connectivity index (χ0) is 20.8. The summed E-state index contributed by atoms with van der Waals surface area (Å²) < 4.78 is 6.81. The number of fused-ring (bicyclic) bond motifs is 1. The summed E-state index contributed by atoms with van der Waals surface area (Å²) in [4.78, 5) is 31.9. The number of rotatable bonds is 8. The Hall–Kier alpha value is -3.39. The lowest BCUT2D eigenvalue weighted by molar-refractivity contribution is 0.0941. The number of pyridine rings is 1. The average molecular weight is 395 g/mol. The number of nitrogens with one attached hydrogen (secondary N) is 2. The Balaban J connectivity index is 1.81. The van der Waals surface area contributed by atoms with Gasteiger partial charge in [0.25, 0.3) is 11.8 Å². The molecular formula is C21H25N5O3. The number of benzene rings is 1.